The van der Waals surface area contributed by atoms with E-state index in [0.717, 1.165) is 31.4 Å². The smallest absolute Gasteiger partial charge is 0.407 e. The third kappa shape index (κ3) is 5.90. The molecule has 0 radical (unpaired) electrons. The Hall–Kier alpha value is -2.19. The lowest BCUT2D eigenvalue weighted by molar-refractivity contribution is -0.121. The van der Waals surface area contributed by atoms with Crippen LogP contribution in [0.3, 0.4) is 0 Å². The van der Waals surface area contributed by atoms with Crippen molar-refractivity contribution in [1.29, 1.82) is 0 Å². The lowest BCUT2D eigenvalue weighted by atomic mass is 9.96. The van der Waals surface area contributed by atoms with Crippen LogP contribution in [-0.2, 0) is 16.0 Å². The van der Waals surface area contributed by atoms with Gasteiger partial charge in [-0.05, 0) is 57.6 Å². The highest BCUT2D eigenvalue weighted by molar-refractivity contribution is 5.78. The van der Waals surface area contributed by atoms with Crippen molar-refractivity contribution in [1.82, 2.24) is 26.5 Å². The first-order valence-corrected chi connectivity index (χ1v) is 9.67. The first-order chi connectivity index (χ1) is 13.0. The van der Waals surface area contributed by atoms with E-state index in [1.54, 1.807) is 6.20 Å². The SMILES string of the molecule is CC(C)NC(=O)O[C@@H]1CC[C@H](C2CC(NC(=O)Cc3ccccn3)NN2)C1. The molecule has 2 heterocycles. The number of ether oxygens (including phenoxy) is 1. The summed E-state index contributed by atoms with van der Waals surface area (Å²) < 4.78 is 5.49. The van der Waals surface area contributed by atoms with E-state index in [4.69, 9.17) is 4.74 Å². The van der Waals surface area contributed by atoms with Gasteiger partial charge in [-0.3, -0.25) is 15.2 Å². The molecule has 8 heteroatoms. The summed E-state index contributed by atoms with van der Waals surface area (Å²) in [5.74, 6) is 0.374. The van der Waals surface area contributed by atoms with Gasteiger partial charge in [0, 0.05) is 24.0 Å². The molecule has 1 aliphatic carbocycles. The average Bonchev–Trinajstić information content (AvgIpc) is 3.24. The third-order valence-corrected chi connectivity index (χ3v) is 5.01. The van der Waals surface area contributed by atoms with E-state index >= 15 is 0 Å². The molecule has 1 saturated heterocycles. The van der Waals surface area contributed by atoms with Crippen molar-refractivity contribution in [2.45, 2.75) is 70.3 Å². The minimum absolute atomic E-state index is 0.0339. The van der Waals surface area contributed by atoms with Crippen molar-refractivity contribution in [3.05, 3.63) is 30.1 Å². The van der Waals surface area contributed by atoms with Gasteiger partial charge in [0.25, 0.3) is 0 Å². The summed E-state index contributed by atoms with van der Waals surface area (Å²) in [4.78, 5) is 28.1. The molecule has 0 aromatic carbocycles. The fourth-order valence-corrected chi connectivity index (χ4v) is 3.76. The molecule has 1 aromatic rings. The molecule has 148 valence electrons. The summed E-state index contributed by atoms with van der Waals surface area (Å²) in [6.07, 6.45) is 5.03. The van der Waals surface area contributed by atoms with Crippen molar-refractivity contribution in [3.8, 4) is 0 Å². The number of hydrazine groups is 1. The Morgan fingerprint density at radius 2 is 2.11 bits per heavy atom. The maximum absolute atomic E-state index is 12.2. The normalized spacial score (nSPS) is 27.5. The van der Waals surface area contributed by atoms with Gasteiger partial charge in [-0.25, -0.2) is 10.2 Å². The molecule has 2 aliphatic rings. The number of pyridine rings is 1. The number of nitrogens with one attached hydrogen (secondary N) is 4. The van der Waals surface area contributed by atoms with Crippen LogP contribution in [0.1, 0.15) is 45.2 Å². The lowest BCUT2D eigenvalue weighted by Gasteiger charge is -2.18. The number of nitrogens with zero attached hydrogens (tertiary/aromatic N) is 1. The largest absolute Gasteiger partial charge is 0.446 e. The van der Waals surface area contributed by atoms with Gasteiger partial charge in [0.1, 0.15) is 6.10 Å². The first kappa shape index (κ1) is 19.6. The zero-order chi connectivity index (χ0) is 19.2. The predicted octanol–water partition coefficient (Wildman–Crippen LogP) is 1.24. The van der Waals surface area contributed by atoms with Crippen molar-refractivity contribution in [2.24, 2.45) is 5.92 Å². The Kier molecular flexibility index (Phi) is 6.63. The van der Waals surface area contributed by atoms with E-state index in [2.05, 4.69) is 26.5 Å². The topological polar surface area (TPSA) is 104 Å². The van der Waals surface area contributed by atoms with Crippen LogP contribution < -0.4 is 21.5 Å². The van der Waals surface area contributed by atoms with Gasteiger partial charge in [-0.2, -0.15) is 0 Å². The number of hydrogen-bond donors (Lipinski definition) is 4. The standard InChI is InChI=1S/C19H29N5O3/c1-12(2)21-19(26)27-15-7-6-13(9-15)16-11-17(24-23-16)22-18(25)10-14-5-3-4-8-20-14/h3-5,8,12-13,15-17,23-24H,6-7,9-11H2,1-2H3,(H,21,26)(H,22,25)/t13-,15+,16?,17?/m0/s1. The van der Waals surface area contributed by atoms with Crippen molar-refractivity contribution >= 4 is 12.0 Å². The van der Waals surface area contributed by atoms with Gasteiger partial charge < -0.3 is 15.4 Å². The monoisotopic (exact) mass is 375 g/mol. The highest BCUT2D eigenvalue weighted by Crippen LogP contribution is 2.32. The second kappa shape index (κ2) is 9.14. The van der Waals surface area contributed by atoms with E-state index in [1.165, 1.54) is 0 Å². The predicted molar refractivity (Wildman–Crippen MR) is 100 cm³/mol. The minimum atomic E-state index is -0.340. The summed E-state index contributed by atoms with van der Waals surface area (Å²) in [6, 6.07) is 5.88. The third-order valence-electron chi connectivity index (χ3n) is 5.01. The van der Waals surface area contributed by atoms with Gasteiger partial charge in [0.2, 0.25) is 5.91 Å². The van der Waals surface area contributed by atoms with Crippen LogP contribution in [0.5, 0.6) is 0 Å². The molecular weight excluding hydrogens is 346 g/mol. The van der Waals surface area contributed by atoms with Gasteiger partial charge in [0.05, 0.1) is 12.6 Å². The van der Waals surface area contributed by atoms with Crippen LogP contribution in [0.25, 0.3) is 0 Å². The number of alkyl carbamates (subject to hydrolysis) is 1. The maximum atomic E-state index is 12.2. The Balaban J connectivity index is 1.39. The average molecular weight is 375 g/mol. The van der Waals surface area contributed by atoms with E-state index in [9.17, 15) is 9.59 Å². The molecular formula is C19H29N5O3. The maximum Gasteiger partial charge on any atom is 0.407 e. The number of carbonyl (C=O) groups is 2. The Bertz CT molecular complexity index is 639. The molecule has 3 rings (SSSR count). The summed E-state index contributed by atoms with van der Waals surface area (Å²) in [5, 5.41) is 5.76. The summed E-state index contributed by atoms with van der Waals surface area (Å²) >= 11 is 0. The molecule has 27 heavy (non-hydrogen) atoms. The molecule has 0 spiro atoms. The molecule has 4 atom stereocenters. The fourth-order valence-electron chi connectivity index (χ4n) is 3.76. The summed E-state index contributed by atoms with van der Waals surface area (Å²) in [6.45, 7) is 3.82. The fraction of sp³-hybridized carbons (Fsp3) is 0.632. The zero-order valence-corrected chi connectivity index (χ0v) is 15.9. The van der Waals surface area contributed by atoms with Gasteiger partial charge in [0.15, 0.2) is 0 Å². The molecule has 2 unspecified atom stereocenters. The van der Waals surface area contributed by atoms with Crippen LogP contribution in [-0.4, -0.2) is 41.3 Å². The van der Waals surface area contributed by atoms with Crippen LogP contribution in [0.2, 0.25) is 0 Å². The molecule has 1 saturated carbocycles. The zero-order valence-electron chi connectivity index (χ0n) is 15.9. The van der Waals surface area contributed by atoms with Gasteiger partial charge >= 0.3 is 6.09 Å². The molecule has 2 amide bonds. The number of rotatable bonds is 6. The summed E-state index contributed by atoms with van der Waals surface area (Å²) in [7, 11) is 0. The number of amides is 2. The van der Waals surface area contributed by atoms with Crippen LogP contribution >= 0.6 is 0 Å². The Labute approximate surface area is 159 Å². The first-order valence-electron chi connectivity index (χ1n) is 9.67. The van der Waals surface area contributed by atoms with E-state index in [1.807, 2.05) is 32.0 Å². The van der Waals surface area contributed by atoms with Crippen molar-refractivity contribution in [2.75, 3.05) is 0 Å². The minimum Gasteiger partial charge on any atom is -0.446 e. The van der Waals surface area contributed by atoms with Crippen LogP contribution in [0.15, 0.2) is 24.4 Å². The van der Waals surface area contributed by atoms with Crippen LogP contribution in [0, 0.1) is 5.92 Å². The molecule has 2 fully saturated rings. The molecule has 0 bridgehead atoms. The van der Waals surface area contributed by atoms with Gasteiger partial charge in [-0.1, -0.05) is 6.07 Å². The lowest BCUT2D eigenvalue weighted by Crippen LogP contribution is -2.45. The highest BCUT2D eigenvalue weighted by Gasteiger charge is 2.37. The van der Waals surface area contributed by atoms with E-state index in [0.29, 0.717) is 5.92 Å². The number of carbonyl (C=O) groups excluding carboxylic acids is 2. The molecule has 1 aliphatic heterocycles. The quantitative estimate of drug-likeness (QED) is 0.596. The second-order valence-corrected chi connectivity index (χ2v) is 7.65. The number of aromatic nitrogens is 1. The number of hydrogen-bond acceptors (Lipinski definition) is 6. The van der Waals surface area contributed by atoms with E-state index in [-0.39, 0.29) is 42.8 Å². The molecule has 8 nitrogen and oxygen atoms in total. The Morgan fingerprint density at radius 1 is 1.26 bits per heavy atom. The second-order valence-electron chi connectivity index (χ2n) is 7.65. The molecule has 1 aromatic heterocycles. The van der Waals surface area contributed by atoms with Crippen molar-refractivity contribution in [3.63, 3.8) is 0 Å². The van der Waals surface area contributed by atoms with Crippen molar-refractivity contribution < 1.29 is 14.3 Å². The van der Waals surface area contributed by atoms with Gasteiger partial charge in [-0.15, -0.1) is 0 Å². The highest BCUT2D eigenvalue weighted by atomic mass is 16.6. The van der Waals surface area contributed by atoms with Crippen LogP contribution in [0.4, 0.5) is 4.79 Å². The molecule has 4 N–H and O–H groups in total. The summed E-state index contributed by atoms with van der Waals surface area (Å²) in [5.41, 5.74) is 7.20. The van der Waals surface area contributed by atoms with E-state index < -0.39 is 0 Å². The Morgan fingerprint density at radius 3 is 2.85 bits per heavy atom.